The van der Waals surface area contributed by atoms with Crippen LogP contribution in [0.1, 0.15) is 31.2 Å². The van der Waals surface area contributed by atoms with Gasteiger partial charge in [-0.05, 0) is 38.0 Å². The van der Waals surface area contributed by atoms with Crippen molar-refractivity contribution in [2.24, 2.45) is 0 Å². The highest BCUT2D eigenvalue weighted by atomic mass is 79.9. The molecule has 0 atom stereocenters. The number of phenolic OH excluding ortho intramolecular Hbond substituents is 1. The lowest BCUT2D eigenvalue weighted by Crippen LogP contribution is -1.87. The zero-order valence-corrected chi connectivity index (χ0v) is 12.2. The third kappa shape index (κ3) is 2.75. The van der Waals surface area contributed by atoms with Crippen molar-refractivity contribution in [2.75, 3.05) is 0 Å². The molecule has 0 aliphatic heterocycles. The monoisotopic (exact) mass is 308 g/mol. The van der Waals surface area contributed by atoms with Gasteiger partial charge in [-0.25, -0.2) is 4.98 Å². The maximum absolute atomic E-state index is 9.93. The summed E-state index contributed by atoms with van der Waals surface area (Å²) < 4.78 is 0.859. The normalized spacial score (nSPS) is 10.8. The van der Waals surface area contributed by atoms with E-state index in [9.17, 15) is 5.11 Å². The van der Waals surface area contributed by atoms with Crippen LogP contribution in [0.25, 0.3) is 11.4 Å². The number of H-pyrrole nitrogens is 1. The zero-order valence-electron chi connectivity index (χ0n) is 10.6. The van der Waals surface area contributed by atoms with Gasteiger partial charge < -0.3 is 10.1 Å². The second kappa shape index (κ2) is 5.57. The fraction of sp³-hybridized carbons (Fsp3) is 0.357. The van der Waals surface area contributed by atoms with E-state index in [4.69, 9.17) is 0 Å². The summed E-state index contributed by atoms with van der Waals surface area (Å²) in [5.74, 6) is 0.976. The van der Waals surface area contributed by atoms with Gasteiger partial charge in [0.05, 0.1) is 11.3 Å². The molecule has 1 aromatic heterocycles. The molecule has 0 bridgehead atoms. The highest BCUT2D eigenvalue weighted by molar-refractivity contribution is 9.10. The van der Waals surface area contributed by atoms with Gasteiger partial charge in [-0.2, -0.15) is 0 Å². The average molecular weight is 309 g/mol. The van der Waals surface area contributed by atoms with E-state index < -0.39 is 0 Å². The van der Waals surface area contributed by atoms with Crippen molar-refractivity contribution in [3.05, 3.63) is 34.1 Å². The van der Waals surface area contributed by atoms with Crippen molar-refractivity contribution < 1.29 is 5.11 Å². The van der Waals surface area contributed by atoms with Crippen molar-refractivity contribution in [1.82, 2.24) is 9.97 Å². The van der Waals surface area contributed by atoms with Crippen molar-refractivity contribution in [2.45, 2.75) is 33.1 Å². The molecular formula is C14H17BrN2O. The summed E-state index contributed by atoms with van der Waals surface area (Å²) >= 11 is 3.33. The van der Waals surface area contributed by atoms with E-state index >= 15 is 0 Å². The fourth-order valence-corrected chi connectivity index (χ4v) is 2.27. The smallest absolute Gasteiger partial charge is 0.141 e. The summed E-state index contributed by atoms with van der Waals surface area (Å²) in [6.45, 7) is 4.20. The lowest BCUT2D eigenvalue weighted by Gasteiger charge is -2.01. The third-order valence-corrected chi connectivity index (χ3v) is 3.46. The number of imidazole rings is 1. The van der Waals surface area contributed by atoms with E-state index in [1.807, 2.05) is 19.1 Å². The highest BCUT2D eigenvalue weighted by Crippen LogP contribution is 2.30. The number of unbranched alkanes of at least 4 members (excludes halogenated alkanes) is 1. The van der Waals surface area contributed by atoms with Gasteiger partial charge >= 0.3 is 0 Å². The molecule has 0 aliphatic rings. The molecule has 0 unspecified atom stereocenters. The predicted octanol–water partition coefficient (Wildman–Crippen LogP) is 4.20. The zero-order chi connectivity index (χ0) is 13.1. The molecule has 0 saturated heterocycles. The van der Waals surface area contributed by atoms with Crippen LogP contribution in [0.3, 0.4) is 0 Å². The maximum atomic E-state index is 9.93. The molecular weight excluding hydrogens is 292 g/mol. The highest BCUT2D eigenvalue weighted by Gasteiger charge is 2.11. The molecule has 0 spiro atoms. The van der Waals surface area contributed by atoms with E-state index in [1.54, 1.807) is 6.07 Å². The maximum Gasteiger partial charge on any atom is 0.141 e. The van der Waals surface area contributed by atoms with Gasteiger partial charge in [0.2, 0.25) is 0 Å². The molecule has 0 saturated carbocycles. The van der Waals surface area contributed by atoms with E-state index in [0.717, 1.165) is 46.5 Å². The molecule has 0 fully saturated rings. The summed E-state index contributed by atoms with van der Waals surface area (Å²) in [7, 11) is 0. The van der Waals surface area contributed by atoms with Crippen molar-refractivity contribution >= 4 is 15.9 Å². The Hall–Kier alpha value is -1.29. The van der Waals surface area contributed by atoms with Gasteiger partial charge in [0.25, 0.3) is 0 Å². The van der Waals surface area contributed by atoms with Gasteiger partial charge in [-0.1, -0.05) is 29.3 Å². The van der Waals surface area contributed by atoms with Gasteiger partial charge in [0.15, 0.2) is 0 Å². The van der Waals surface area contributed by atoms with E-state index in [0.29, 0.717) is 0 Å². The van der Waals surface area contributed by atoms with E-state index in [-0.39, 0.29) is 5.75 Å². The molecule has 4 heteroatoms. The Morgan fingerprint density at radius 3 is 2.83 bits per heavy atom. The van der Waals surface area contributed by atoms with Crippen molar-refractivity contribution in [1.29, 1.82) is 0 Å². The molecule has 96 valence electrons. The number of benzene rings is 1. The molecule has 2 aromatic rings. The first-order valence-electron chi connectivity index (χ1n) is 6.16. The van der Waals surface area contributed by atoms with Crippen LogP contribution >= 0.6 is 15.9 Å². The Kier molecular flexibility index (Phi) is 4.07. The minimum Gasteiger partial charge on any atom is -0.507 e. The minimum atomic E-state index is 0.236. The number of halogens is 1. The first-order valence-corrected chi connectivity index (χ1v) is 6.95. The second-order valence-corrected chi connectivity index (χ2v) is 5.34. The van der Waals surface area contributed by atoms with Crippen LogP contribution < -0.4 is 0 Å². The predicted molar refractivity (Wildman–Crippen MR) is 76.7 cm³/mol. The summed E-state index contributed by atoms with van der Waals surface area (Å²) in [6, 6.07) is 5.44. The molecule has 0 radical (unpaired) electrons. The summed E-state index contributed by atoms with van der Waals surface area (Å²) in [6.07, 6.45) is 3.28. The van der Waals surface area contributed by atoms with Crippen LogP contribution in [-0.2, 0) is 6.42 Å². The van der Waals surface area contributed by atoms with Crippen LogP contribution in [0, 0.1) is 6.92 Å². The Balaban J connectivity index is 2.33. The van der Waals surface area contributed by atoms with Crippen LogP contribution in [0.4, 0.5) is 0 Å². The van der Waals surface area contributed by atoms with Gasteiger partial charge in [-0.3, -0.25) is 0 Å². The molecule has 18 heavy (non-hydrogen) atoms. The number of aryl methyl sites for hydroxylation is 2. The lowest BCUT2D eigenvalue weighted by atomic mass is 10.2. The minimum absolute atomic E-state index is 0.236. The summed E-state index contributed by atoms with van der Waals surface area (Å²) in [5, 5.41) is 9.93. The fourth-order valence-electron chi connectivity index (χ4n) is 1.92. The molecule has 1 aromatic carbocycles. The third-order valence-electron chi connectivity index (χ3n) is 2.97. The standard InChI is InChI=1S/C14H17BrN2O/c1-3-4-5-12-9(2)16-14(17-12)11-7-6-10(15)8-13(11)18/h6-8,18H,3-5H2,1-2H3,(H,16,17). The molecule has 0 amide bonds. The van der Waals surface area contributed by atoms with E-state index in [2.05, 4.69) is 32.8 Å². The Bertz CT molecular complexity index is 549. The van der Waals surface area contributed by atoms with Crippen molar-refractivity contribution in [3.8, 4) is 17.1 Å². The number of aromatic hydroxyl groups is 1. The first kappa shape index (κ1) is 13.1. The van der Waals surface area contributed by atoms with E-state index in [1.165, 1.54) is 0 Å². The number of phenols is 1. The Labute approximate surface area is 115 Å². The number of nitrogens with zero attached hydrogens (tertiary/aromatic N) is 1. The second-order valence-electron chi connectivity index (χ2n) is 4.42. The summed E-state index contributed by atoms with van der Waals surface area (Å²) in [5.41, 5.74) is 2.92. The number of rotatable bonds is 4. The Morgan fingerprint density at radius 1 is 1.39 bits per heavy atom. The number of aromatic amines is 1. The number of nitrogens with one attached hydrogen (secondary N) is 1. The van der Waals surface area contributed by atoms with Gasteiger partial charge in [0, 0.05) is 10.2 Å². The number of hydrogen-bond donors (Lipinski definition) is 2. The number of aromatic nitrogens is 2. The molecule has 2 rings (SSSR count). The Morgan fingerprint density at radius 2 is 2.17 bits per heavy atom. The number of hydrogen-bond acceptors (Lipinski definition) is 2. The topological polar surface area (TPSA) is 48.9 Å². The first-order chi connectivity index (χ1) is 8.61. The average Bonchev–Trinajstić information content (AvgIpc) is 2.68. The largest absolute Gasteiger partial charge is 0.507 e. The quantitative estimate of drug-likeness (QED) is 0.889. The van der Waals surface area contributed by atoms with Gasteiger partial charge in [0.1, 0.15) is 11.6 Å². The molecule has 1 heterocycles. The van der Waals surface area contributed by atoms with Crippen LogP contribution in [0.5, 0.6) is 5.75 Å². The summed E-state index contributed by atoms with van der Waals surface area (Å²) in [4.78, 5) is 7.82. The van der Waals surface area contributed by atoms with Crippen molar-refractivity contribution in [3.63, 3.8) is 0 Å². The van der Waals surface area contributed by atoms with Crippen LogP contribution in [0.15, 0.2) is 22.7 Å². The van der Waals surface area contributed by atoms with Gasteiger partial charge in [-0.15, -0.1) is 0 Å². The van der Waals surface area contributed by atoms with Crippen LogP contribution in [0.2, 0.25) is 0 Å². The molecule has 2 N–H and O–H groups in total. The molecule has 0 aliphatic carbocycles. The van der Waals surface area contributed by atoms with Crippen LogP contribution in [-0.4, -0.2) is 15.1 Å². The SMILES string of the molecule is CCCCc1nc(-c2ccc(Br)cc2O)[nH]c1C. The molecule has 3 nitrogen and oxygen atoms in total. The lowest BCUT2D eigenvalue weighted by molar-refractivity contribution is 0.476.